The van der Waals surface area contributed by atoms with E-state index in [9.17, 15) is 34.5 Å². The van der Waals surface area contributed by atoms with E-state index >= 15 is 0 Å². The SMILES string of the molecule is CC/C=C\C/C=C\C/C=C\C/C=C\C/C=C\CCCCCC(=O)OCC(COC1OC(C(=O)O)C(O)C(O)C1OC(=O)CCCCCCCCCCCCCCCCCCC)OC(=O)CCCCC/C=C\C/C=C\C/C=C\C/C=C\C/C=C\CC. The summed E-state index contributed by atoms with van der Waals surface area (Å²) < 4.78 is 28.5. The number of aliphatic hydroxyl groups is 2. The Morgan fingerprint density at radius 2 is 0.741 bits per heavy atom. The summed E-state index contributed by atoms with van der Waals surface area (Å²) in [7, 11) is 0. The van der Waals surface area contributed by atoms with E-state index in [2.05, 4.69) is 142 Å². The van der Waals surface area contributed by atoms with Crippen LogP contribution >= 0.6 is 0 Å². The molecule has 1 rings (SSSR count). The third-order valence-corrected chi connectivity index (χ3v) is 14.5. The maximum Gasteiger partial charge on any atom is 0.335 e. The van der Waals surface area contributed by atoms with E-state index in [0.717, 1.165) is 128 Å². The molecule has 1 fully saturated rings. The molecule has 0 aromatic rings. The Bertz CT molecular complexity index is 1940. The van der Waals surface area contributed by atoms with Crippen LogP contribution in [-0.2, 0) is 42.9 Å². The lowest BCUT2D eigenvalue weighted by Crippen LogP contribution is -2.61. The molecule has 0 saturated carbocycles. The smallest absolute Gasteiger partial charge is 0.335 e. The molecule has 12 heteroatoms. The van der Waals surface area contributed by atoms with Crippen LogP contribution in [0.5, 0.6) is 0 Å². The number of hydrogen-bond acceptors (Lipinski definition) is 11. The Kier molecular flexibility index (Phi) is 54.6. The van der Waals surface area contributed by atoms with Crippen LogP contribution in [0.15, 0.2) is 122 Å². The molecule has 1 aliphatic rings. The second-order valence-corrected chi connectivity index (χ2v) is 22.3. The van der Waals surface area contributed by atoms with Gasteiger partial charge in [0.1, 0.15) is 18.8 Å². The zero-order valence-corrected chi connectivity index (χ0v) is 53.3. The van der Waals surface area contributed by atoms with Crippen molar-refractivity contribution in [2.45, 2.75) is 302 Å². The molecule has 1 heterocycles. The lowest BCUT2D eigenvalue weighted by molar-refractivity contribution is -0.301. The van der Waals surface area contributed by atoms with Crippen molar-refractivity contribution in [2.75, 3.05) is 13.2 Å². The summed E-state index contributed by atoms with van der Waals surface area (Å²) in [4.78, 5) is 51.4. The number of carboxylic acids is 1. The van der Waals surface area contributed by atoms with Crippen LogP contribution in [0.3, 0.4) is 0 Å². The molecule has 482 valence electrons. The van der Waals surface area contributed by atoms with Crippen molar-refractivity contribution < 1.29 is 58.2 Å². The summed E-state index contributed by atoms with van der Waals surface area (Å²) in [5.41, 5.74) is 0. The minimum Gasteiger partial charge on any atom is -0.479 e. The van der Waals surface area contributed by atoms with Gasteiger partial charge in [0.05, 0.1) is 6.61 Å². The molecule has 12 nitrogen and oxygen atoms in total. The molecule has 1 saturated heterocycles. The third-order valence-electron chi connectivity index (χ3n) is 14.5. The summed E-state index contributed by atoms with van der Waals surface area (Å²) in [5, 5.41) is 31.6. The number of carbonyl (C=O) groups is 4. The quantitative estimate of drug-likeness (QED) is 0.0228. The van der Waals surface area contributed by atoms with Crippen molar-refractivity contribution in [3.63, 3.8) is 0 Å². The first-order chi connectivity index (χ1) is 41.6. The highest BCUT2D eigenvalue weighted by Crippen LogP contribution is 2.27. The molecular formula is C73H118O12. The van der Waals surface area contributed by atoms with Crippen LogP contribution in [-0.4, -0.2) is 89.2 Å². The maximum atomic E-state index is 13.2. The molecule has 3 N–H and O–H groups in total. The Balaban J connectivity index is 2.71. The van der Waals surface area contributed by atoms with Gasteiger partial charge >= 0.3 is 23.9 Å². The molecule has 85 heavy (non-hydrogen) atoms. The number of allylic oxidation sites excluding steroid dienone is 20. The molecule has 0 amide bonds. The highest BCUT2D eigenvalue weighted by molar-refractivity contribution is 5.74. The average Bonchev–Trinajstić information content (AvgIpc) is 3.46. The van der Waals surface area contributed by atoms with Gasteiger partial charge in [0.2, 0.25) is 0 Å². The van der Waals surface area contributed by atoms with E-state index in [4.69, 9.17) is 23.7 Å². The average molecular weight is 1190 g/mol. The van der Waals surface area contributed by atoms with Gasteiger partial charge in [-0.25, -0.2) is 4.79 Å². The molecule has 0 bridgehead atoms. The van der Waals surface area contributed by atoms with Crippen LogP contribution in [0.25, 0.3) is 0 Å². The van der Waals surface area contributed by atoms with Crippen LogP contribution < -0.4 is 0 Å². The highest BCUT2D eigenvalue weighted by Gasteiger charge is 2.50. The zero-order valence-electron chi connectivity index (χ0n) is 53.3. The zero-order chi connectivity index (χ0) is 61.7. The number of carboxylic acid groups (broad SMARTS) is 1. The first-order valence-electron chi connectivity index (χ1n) is 33.5. The molecular weight excluding hydrogens is 1070 g/mol. The highest BCUT2D eigenvalue weighted by atomic mass is 16.7. The van der Waals surface area contributed by atoms with Gasteiger partial charge in [0.25, 0.3) is 0 Å². The van der Waals surface area contributed by atoms with E-state index < -0.39 is 67.3 Å². The molecule has 6 atom stereocenters. The van der Waals surface area contributed by atoms with Gasteiger partial charge in [-0.3, -0.25) is 14.4 Å². The summed E-state index contributed by atoms with van der Waals surface area (Å²) in [6, 6.07) is 0. The molecule has 6 unspecified atom stereocenters. The molecule has 0 aliphatic carbocycles. The number of rotatable bonds is 56. The van der Waals surface area contributed by atoms with Crippen molar-refractivity contribution in [3.05, 3.63) is 122 Å². The number of aliphatic carboxylic acids is 1. The van der Waals surface area contributed by atoms with Gasteiger partial charge in [-0.1, -0.05) is 258 Å². The Labute approximate surface area is 516 Å². The minimum absolute atomic E-state index is 0.0505. The van der Waals surface area contributed by atoms with Gasteiger partial charge in [-0.05, 0) is 109 Å². The van der Waals surface area contributed by atoms with Crippen molar-refractivity contribution in [1.82, 2.24) is 0 Å². The number of ether oxygens (including phenoxy) is 5. The summed E-state index contributed by atoms with van der Waals surface area (Å²) in [6.45, 7) is 5.74. The predicted octanol–water partition coefficient (Wildman–Crippen LogP) is 18.3. The standard InChI is InChI=1S/C73H118O12/c1-4-7-10-13-16-19-22-25-28-31-33-36-38-41-44-47-50-53-56-59-65(74)81-62-64(83-66(75)60-57-54-51-48-45-42-40-37-34-32-29-26-23-20-17-14-11-8-5-2)63-82-73-71(69(78)68(77)70(85-73)72(79)80)84-67(76)61-58-55-52-49-46-43-39-35-30-27-24-21-18-15-12-9-6-3/h7-8,10-11,16-17,19-20,25-26,28-29,33-34,36-37,41-42,44-45,64,68-71,73,77-78H,4-6,9,12-15,18,21-24,27,30-32,35,38-40,43,46-63H2,1-3H3,(H,79,80)/b10-7-,11-8-,19-16-,20-17-,28-25-,29-26-,36-33-,37-34-,44-41-,45-42-. The van der Waals surface area contributed by atoms with Gasteiger partial charge in [-0.15, -0.1) is 0 Å². The Morgan fingerprint density at radius 3 is 1.13 bits per heavy atom. The van der Waals surface area contributed by atoms with Gasteiger partial charge in [-0.2, -0.15) is 0 Å². The van der Waals surface area contributed by atoms with E-state index in [1.807, 2.05) is 0 Å². The van der Waals surface area contributed by atoms with Crippen molar-refractivity contribution in [3.8, 4) is 0 Å². The fraction of sp³-hybridized carbons (Fsp3) is 0.671. The van der Waals surface area contributed by atoms with Crippen LogP contribution in [0, 0.1) is 0 Å². The molecule has 0 radical (unpaired) electrons. The molecule has 1 aliphatic heterocycles. The first-order valence-corrected chi connectivity index (χ1v) is 33.5. The van der Waals surface area contributed by atoms with Gasteiger partial charge in [0.15, 0.2) is 24.6 Å². The van der Waals surface area contributed by atoms with E-state index in [-0.39, 0.29) is 25.9 Å². The number of carbonyl (C=O) groups excluding carboxylic acids is 3. The van der Waals surface area contributed by atoms with E-state index in [0.29, 0.717) is 19.3 Å². The van der Waals surface area contributed by atoms with Crippen molar-refractivity contribution >= 4 is 23.9 Å². The summed E-state index contributed by atoms with van der Waals surface area (Å²) in [5.74, 6) is -3.21. The minimum atomic E-state index is -1.92. The number of hydrogen-bond donors (Lipinski definition) is 3. The van der Waals surface area contributed by atoms with Crippen molar-refractivity contribution in [2.24, 2.45) is 0 Å². The van der Waals surface area contributed by atoms with Crippen LogP contribution in [0.2, 0.25) is 0 Å². The first kappa shape index (κ1) is 78.1. The predicted molar refractivity (Wildman–Crippen MR) is 349 cm³/mol. The van der Waals surface area contributed by atoms with Crippen molar-refractivity contribution in [1.29, 1.82) is 0 Å². The monoisotopic (exact) mass is 1190 g/mol. The van der Waals surface area contributed by atoms with E-state index in [1.165, 1.54) is 77.0 Å². The normalized spacial score (nSPS) is 18.2. The van der Waals surface area contributed by atoms with Gasteiger partial charge in [0, 0.05) is 19.3 Å². The molecule has 0 aromatic heterocycles. The van der Waals surface area contributed by atoms with Crippen LogP contribution in [0.1, 0.15) is 265 Å². The largest absolute Gasteiger partial charge is 0.479 e. The summed E-state index contributed by atoms with van der Waals surface area (Å²) >= 11 is 0. The van der Waals surface area contributed by atoms with Gasteiger partial charge < -0.3 is 39.0 Å². The third kappa shape index (κ3) is 48.9. The second kappa shape index (κ2) is 59.5. The Hall–Kier alpha value is -4.88. The number of esters is 3. The number of unbranched alkanes of at least 4 members (excludes halogenated alkanes) is 22. The second-order valence-electron chi connectivity index (χ2n) is 22.3. The molecule has 0 aromatic carbocycles. The fourth-order valence-electron chi connectivity index (χ4n) is 9.48. The van der Waals surface area contributed by atoms with Crippen LogP contribution in [0.4, 0.5) is 0 Å². The lowest BCUT2D eigenvalue weighted by Gasteiger charge is -2.40. The lowest BCUT2D eigenvalue weighted by atomic mass is 9.98. The fourth-order valence-corrected chi connectivity index (χ4v) is 9.48. The maximum absolute atomic E-state index is 13.2. The topological polar surface area (TPSA) is 175 Å². The molecule has 0 spiro atoms. The number of aliphatic hydroxyl groups excluding tert-OH is 2. The Morgan fingerprint density at radius 1 is 0.400 bits per heavy atom. The van der Waals surface area contributed by atoms with E-state index in [1.54, 1.807) is 0 Å². The summed E-state index contributed by atoms with van der Waals surface area (Å²) in [6.07, 6.45) is 70.1.